The molecule has 0 amide bonds. The molecule has 0 spiro atoms. The molecule has 0 bridgehead atoms. The SMILES string of the molecule is COc1ccc(N(Cc2cc(=O)n(C)c(=O)n2C)[C@@H](C)C2CC2)cc1. The fraction of sp³-hybridized carbons (Fsp3) is 0.474. The van der Waals surface area contributed by atoms with Crippen LogP contribution >= 0.6 is 0 Å². The second-order valence-electron chi connectivity index (χ2n) is 6.78. The molecule has 1 fully saturated rings. The lowest BCUT2D eigenvalue weighted by Gasteiger charge is -2.32. The summed E-state index contributed by atoms with van der Waals surface area (Å²) in [4.78, 5) is 26.5. The predicted molar refractivity (Wildman–Crippen MR) is 98.3 cm³/mol. The molecule has 1 aromatic heterocycles. The first-order valence-electron chi connectivity index (χ1n) is 8.59. The first-order valence-corrected chi connectivity index (χ1v) is 8.59. The molecule has 0 N–H and O–H groups in total. The van der Waals surface area contributed by atoms with Crippen LogP contribution in [0, 0.1) is 5.92 Å². The van der Waals surface area contributed by atoms with E-state index in [2.05, 4.69) is 11.8 Å². The molecule has 25 heavy (non-hydrogen) atoms. The fourth-order valence-corrected chi connectivity index (χ4v) is 3.18. The average molecular weight is 343 g/mol. The van der Waals surface area contributed by atoms with Gasteiger partial charge in [-0.05, 0) is 49.9 Å². The minimum Gasteiger partial charge on any atom is -0.497 e. The van der Waals surface area contributed by atoms with E-state index in [0.29, 0.717) is 18.5 Å². The second kappa shape index (κ2) is 6.78. The van der Waals surface area contributed by atoms with E-state index in [0.717, 1.165) is 21.7 Å². The van der Waals surface area contributed by atoms with Crippen LogP contribution in [0.1, 0.15) is 25.5 Å². The van der Waals surface area contributed by atoms with Gasteiger partial charge in [-0.1, -0.05) is 0 Å². The Morgan fingerprint density at radius 1 is 1.16 bits per heavy atom. The van der Waals surface area contributed by atoms with E-state index in [1.165, 1.54) is 19.9 Å². The van der Waals surface area contributed by atoms with Crippen molar-refractivity contribution >= 4 is 5.69 Å². The zero-order valence-corrected chi connectivity index (χ0v) is 15.2. The van der Waals surface area contributed by atoms with Gasteiger partial charge in [-0.3, -0.25) is 13.9 Å². The van der Waals surface area contributed by atoms with Crippen LogP contribution in [0.25, 0.3) is 0 Å². The molecule has 0 radical (unpaired) electrons. The van der Waals surface area contributed by atoms with Gasteiger partial charge in [0.15, 0.2) is 0 Å². The highest BCUT2D eigenvalue weighted by atomic mass is 16.5. The molecular weight excluding hydrogens is 318 g/mol. The zero-order chi connectivity index (χ0) is 18.1. The molecule has 1 saturated carbocycles. The van der Waals surface area contributed by atoms with Crippen molar-refractivity contribution in [3.8, 4) is 5.75 Å². The van der Waals surface area contributed by atoms with Crippen LogP contribution in [-0.4, -0.2) is 22.3 Å². The third-order valence-electron chi connectivity index (χ3n) is 5.16. The van der Waals surface area contributed by atoms with E-state index in [-0.39, 0.29) is 11.2 Å². The van der Waals surface area contributed by atoms with E-state index in [1.807, 2.05) is 24.3 Å². The van der Waals surface area contributed by atoms with Gasteiger partial charge < -0.3 is 9.64 Å². The molecule has 1 aliphatic rings. The lowest BCUT2D eigenvalue weighted by molar-refractivity contribution is 0.414. The van der Waals surface area contributed by atoms with Gasteiger partial charge in [0, 0.05) is 37.6 Å². The van der Waals surface area contributed by atoms with E-state index >= 15 is 0 Å². The van der Waals surface area contributed by atoms with Crippen LogP contribution in [0.4, 0.5) is 5.69 Å². The molecule has 1 atom stereocenters. The Hall–Kier alpha value is -2.50. The molecule has 6 heteroatoms. The summed E-state index contributed by atoms with van der Waals surface area (Å²) in [5.74, 6) is 1.47. The largest absolute Gasteiger partial charge is 0.497 e. The van der Waals surface area contributed by atoms with Crippen molar-refractivity contribution in [1.82, 2.24) is 9.13 Å². The lowest BCUT2D eigenvalue weighted by atomic mass is 10.1. The highest BCUT2D eigenvalue weighted by Gasteiger charge is 2.32. The van der Waals surface area contributed by atoms with Gasteiger partial charge in [-0.15, -0.1) is 0 Å². The van der Waals surface area contributed by atoms with E-state index < -0.39 is 0 Å². The van der Waals surface area contributed by atoms with E-state index in [9.17, 15) is 9.59 Å². The molecule has 1 aromatic carbocycles. The van der Waals surface area contributed by atoms with E-state index in [1.54, 1.807) is 24.8 Å². The number of hydrogen-bond donors (Lipinski definition) is 0. The van der Waals surface area contributed by atoms with Crippen molar-refractivity contribution in [1.29, 1.82) is 0 Å². The Kier molecular flexibility index (Phi) is 4.70. The number of aromatic nitrogens is 2. The molecule has 2 aromatic rings. The summed E-state index contributed by atoms with van der Waals surface area (Å²) in [7, 11) is 4.86. The minimum atomic E-state index is -0.295. The summed E-state index contributed by atoms with van der Waals surface area (Å²) in [6, 6.07) is 9.81. The van der Waals surface area contributed by atoms with Crippen molar-refractivity contribution in [3.05, 3.63) is 56.9 Å². The van der Waals surface area contributed by atoms with Gasteiger partial charge >= 0.3 is 5.69 Å². The molecule has 6 nitrogen and oxygen atoms in total. The van der Waals surface area contributed by atoms with Crippen LogP contribution in [0.2, 0.25) is 0 Å². The summed E-state index contributed by atoms with van der Waals surface area (Å²) in [5.41, 5.74) is 1.22. The third kappa shape index (κ3) is 3.48. The van der Waals surface area contributed by atoms with Gasteiger partial charge in [0.1, 0.15) is 5.75 Å². The molecule has 0 unspecified atom stereocenters. The number of hydrogen-bond acceptors (Lipinski definition) is 4. The molecule has 1 heterocycles. The maximum atomic E-state index is 12.2. The average Bonchev–Trinajstić information content (AvgIpc) is 3.46. The predicted octanol–water partition coefficient (Wildman–Crippen LogP) is 1.90. The van der Waals surface area contributed by atoms with Crippen molar-refractivity contribution < 1.29 is 4.74 Å². The molecule has 3 rings (SSSR count). The van der Waals surface area contributed by atoms with Crippen molar-refractivity contribution in [3.63, 3.8) is 0 Å². The number of nitrogens with zero attached hydrogens (tertiary/aromatic N) is 3. The summed E-state index contributed by atoms with van der Waals surface area (Å²) in [6.07, 6.45) is 2.45. The van der Waals surface area contributed by atoms with Crippen LogP contribution in [0.5, 0.6) is 5.75 Å². The zero-order valence-electron chi connectivity index (χ0n) is 15.2. The Balaban J connectivity index is 1.98. The number of benzene rings is 1. The first kappa shape index (κ1) is 17.3. The number of rotatable bonds is 6. The van der Waals surface area contributed by atoms with Gasteiger partial charge in [-0.2, -0.15) is 0 Å². The quantitative estimate of drug-likeness (QED) is 0.804. The summed E-state index contributed by atoms with van der Waals surface area (Å²) >= 11 is 0. The monoisotopic (exact) mass is 343 g/mol. The Labute approximate surface area is 147 Å². The Morgan fingerprint density at radius 3 is 2.36 bits per heavy atom. The molecule has 0 saturated heterocycles. The fourth-order valence-electron chi connectivity index (χ4n) is 3.18. The maximum Gasteiger partial charge on any atom is 0.330 e. The summed E-state index contributed by atoms with van der Waals surface area (Å²) in [6.45, 7) is 2.73. The van der Waals surface area contributed by atoms with Crippen LogP contribution < -0.4 is 20.9 Å². The topological polar surface area (TPSA) is 56.5 Å². The number of ether oxygens (including phenoxy) is 1. The van der Waals surface area contributed by atoms with Crippen LogP contribution in [0.15, 0.2) is 39.9 Å². The number of methoxy groups -OCH3 is 1. The van der Waals surface area contributed by atoms with Crippen molar-refractivity contribution in [2.45, 2.75) is 32.4 Å². The molecular formula is C19H25N3O3. The maximum absolute atomic E-state index is 12.2. The molecule has 0 aliphatic heterocycles. The highest BCUT2D eigenvalue weighted by Crippen LogP contribution is 2.37. The lowest BCUT2D eigenvalue weighted by Crippen LogP contribution is -2.41. The summed E-state index contributed by atoms with van der Waals surface area (Å²) in [5, 5.41) is 0. The standard InChI is InChI=1S/C19H25N3O3/c1-13(14-5-6-14)22(15-7-9-17(25-4)10-8-15)12-16-11-18(23)21(3)19(24)20(16)2/h7-11,13-14H,5-6,12H2,1-4H3/t13-/m0/s1. The van der Waals surface area contributed by atoms with Gasteiger partial charge in [0.2, 0.25) is 0 Å². The van der Waals surface area contributed by atoms with E-state index in [4.69, 9.17) is 4.74 Å². The normalized spacial score (nSPS) is 15.0. The van der Waals surface area contributed by atoms with Gasteiger partial charge in [0.25, 0.3) is 5.56 Å². The van der Waals surface area contributed by atoms with Crippen molar-refractivity contribution in [2.24, 2.45) is 20.0 Å². The van der Waals surface area contributed by atoms with Gasteiger partial charge in [-0.25, -0.2) is 4.79 Å². The van der Waals surface area contributed by atoms with Gasteiger partial charge in [0.05, 0.1) is 13.7 Å². The smallest absolute Gasteiger partial charge is 0.330 e. The summed E-state index contributed by atoms with van der Waals surface area (Å²) < 4.78 is 7.93. The van der Waals surface area contributed by atoms with Crippen molar-refractivity contribution in [2.75, 3.05) is 12.0 Å². The molecule has 134 valence electrons. The van der Waals surface area contributed by atoms with Crippen LogP contribution in [0.3, 0.4) is 0 Å². The minimum absolute atomic E-state index is 0.271. The highest BCUT2D eigenvalue weighted by molar-refractivity contribution is 5.50. The Morgan fingerprint density at radius 2 is 1.80 bits per heavy atom. The first-order chi connectivity index (χ1) is 11.9. The third-order valence-corrected chi connectivity index (χ3v) is 5.16. The number of anilines is 1. The Bertz CT molecular complexity index is 863. The molecule has 1 aliphatic carbocycles. The second-order valence-corrected chi connectivity index (χ2v) is 6.78. The van der Waals surface area contributed by atoms with Crippen LogP contribution in [-0.2, 0) is 20.6 Å².